The molecular formula is C26H21Cl2F2N5O7S. The number of nitrogens with zero attached hydrogens (tertiary/aromatic N) is 5. The van der Waals surface area contributed by atoms with Crippen LogP contribution < -0.4 is 0 Å². The number of aromatic nitrogens is 4. The van der Waals surface area contributed by atoms with Crippen LogP contribution in [0.2, 0.25) is 10.0 Å². The maximum atomic E-state index is 14.2. The van der Waals surface area contributed by atoms with Gasteiger partial charge in [0.1, 0.15) is 52.6 Å². The van der Waals surface area contributed by atoms with Crippen LogP contribution >= 0.6 is 35.0 Å². The Morgan fingerprint density at radius 3 is 2.30 bits per heavy atom. The fraction of sp³-hybridized carbons (Fsp3) is 0.346. The van der Waals surface area contributed by atoms with Crippen LogP contribution in [0.3, 0.4) is 0 Å². The molecule has 0 saturated carbocycles. The molecule has 17 heteroatoms. The second-order valence-corrected chi connectivity index (χ2v) is 11.0. The van der Waals surface area contributed by atoms with Crippen molar-refractivity contribution in [2.45, 2.75) is 55.5 Å². The van der Waals surface area contributed by atoms with E-state index < -0.39 is 64.4 Å². The molecule has 0 radical (unpaired) electrons. The standard InChI is InChI=1S/C26H21Cl2F2N5O7S/c1-11(36)39-10-21-24(40-12(2)37)23(35-9-20(33-34-35)14-4-17(29)22(28)18(30)5-14)25(41-13(3)38)26(42-21)43-15-6-16(27)19(7-31)32-8-15/h4-6,8-9,21,23-26H,10H2,1-3H3. The highest BCUT2D eigenvalue weighted by Crippen LogP contribution is 2.42. The Labute approximate surface area is 257 Å². The Kier molecular flexibility index (Phi) is 10.2. The van der Waals surface area contributed by atoms with Gasteiger partial charge in [-0.15, -0.1) is 5.10 Å². The van der Waals surface area contributed by atoms with E-state index in [1.54, 1.807) is 0 Å². The van der Waals surface area contributed by atoms with E-state index in [0.29, 0.717) is 4.90 Å². The van der Waals surface area contributed by atoms with Crippen LogP contribution in [-0.2, 0) is 33.3 Å². The molecule has 0 spiro atoms. The molecule has 1 saturated heterocycles. The molecular weight excluding hydrogens is 635 g/mol. The van der Waals surface area contributed by atoms with Crippen LogP contribution in [0.4, 0.5) is 8.78 Å². The van der Waals surface area contributed by atoms with Crippen molar-refractivity contribution >= 4 is 52.9 Å². The number of halogens is 4. The van der Waals surface area contributed by atoms with Crippen molar-refractivity contribution in [3.05, 3.63) is 58.0 Å². The summed E-state index contributed by atoms with van der Waals surface area (Å²) in [5.74, 6) is -4.18. The fourth-order valence-corrected chi connectivity index (χ4v) is 5.74. The number of esters is 3. The highest BCUT2D eigenvalue weighted by molar-refractivity contribution is 7.99. The van der Waals surface area contributed by atoms with Gasteiger partial charge in [0, 0.05) is 37.4 Å². The molecule has 5 atom stereocenters. The van der Waals surface area contributed by atoms with Gasteiger partial charge in [-0.1, -0.05) is 40.2 Å². The van der Waals surface area contributed by atoms with Crippen LogP contribution in [0, 0.1) is 23.0 Å². The van der Waals surface area contributed by atoms with Crippen LogP contribution in [0.15, 0.2) is 35.5 Å². The minimum atomic E-state index is -1.27. The van der Waals surface area contributed by atoms with E-state index in [2.05, 4.69) is 15.3 Å². The summed E-state index contributed by atoms with van der Waals surface area (Å²) < 4.78 is 52.2. The van der Waals surface area contributed by atoms with Gasteiger partial charge in [-0.2, -0.15) is 5.26 Å². The third-order valence-electron chi connectivity index (χ3n) is 5.94. The first-order valence-electron chi connectivity index (χ1n) is 12.3. The minimum absolute atomic E-state index is 0.00733. The number of benzene rings is 1. The number of ether oxygens (including phenoxy) is 4. The summed E-state index contributed by atoms with van der Waals surface area (Å²) in [7, 11) is 0. The van der Waals surface area contributed by atoms with E-state index in [1.165, 1.54) is 30.1 Å². The zero-order chi connectivity index (χ0) is 31.4. The quantitative estimate of drug-likeness (QED) is 0.193. The predicted octanol–water partition coefficient (Wildman–Crippen LogP) is 4.28. The molecule has 1 aromatic carbocycles. The van der Waals surface area contributed by atoms with Crippen molar-refractivity contribution in [1.82, 2.24) is 20.0 Å². The number of pyridine rings is 1. The molecule has 4 rings (SSSR count). The maximum absolute atomic E-state index is 14.2. The average Bonchev–Trinajstić information content (AvgIpc) is 3.41. The normalized spacial score (nSPS) is 21.5. The number of hydrogen-bond donors (Lipinski definition) is 0. The van der Waals surface area contributed by atoms with Crippen molar-refractivity contribution in [2.75, 3.05) is 6.61 Å². The Morgan fingerprint density at radius 2 is 1.72 bits per heavy atom. The van der Waals surface area contributed by atoms with E-state index in [1.807, 2.05) is 6.07 Å². The highest BCUT2D eigenvalue weighted by atomic mass is 35.5. The number of nitriles is 1. The molecule has 0 aliphatic carbocycles. The molecule has 3 heterocycles. The summed E-state index contributed by atoms with van der Waals surface area (Å²) in [6.45, 7) is 3.08. The SMILES string of the molecule is CC(=O)OCC1OC(Sc2cnc(C#N)c(Cl)c2)C(OC(C)=O)C(n2cc(-c3cc(F)c(Cl)c(F)c3)nn2)C1OC(C)=O. The van der Waals surface area contributed by atoms with Crippen molar-refractivity contribution in [3.63, 3.8) is 0 Å². The average molecular weight is 656 g/mol. The highest BCUT2D eigenvalue weighted by Gasteiger charge is 2.52. The summed E-state index contributed by atoms with van der Waals surface area (Å²) in [6, 6.07) is 4.06. The Morgan fingerprint density at radius 1 is 1.07 bits per heavy atom. The van der Waals surface area contributed by atoms with Crippen molar-refractivity contribution < 1.29 is 42.1 Å². The van der Waals surface area contributed by atoms with Gasteiger partial charge < -0.3 is 18.9 Å². The lowest BCUT2D eigenvalue weighted by Crippen LogP contribution is -2.57. The minimum Gasteiger partial charge on any atom is -0.463 e. The van der Waals surface area contributed by atoms with Crippen LogP contribution in [-0.4, -0.2) is 68.2 Å². The number of carbonyl (C=O) groups excluding carboxylic acids is 3. The Hall–Kier alpha value is -3.84. The second kappa shape index (κ2) is 13.6. The smallest absolute Gasteiger partial charge is 0.303 e. The van der Waals surface area contributed by atoms with Gasteiger partial charge in [-0.25, -0.2) is 18.4 Å². The lowest BCUT2D eigenvalue weighted by atomic mass is 9.96. The number of hydrogen-bond acceptors (Lipinski definition) is 12. The molecule has 1 aliphatic rings. The van der Waals surface area contributed by atoms with E-state index in [0.717, 1.165) is 37.7 Å². The van der Waals surface area contributed by atoms with E-state index in [-0.39, 0.29) is 28.6 Å². The molecule has 1 fully saturated rings. The number of thioether (sulfide) groups is 1. The van der Waals surface area contributed by atoms with Crippen LogP contribution in [0.5, 0.6) is 0 Å². The molecule has 1 aliphatic heterocycles. The first kappa shape index (κ1) is 32.1. The molecule has 0 N–H and O–H groups in total. The first-order valence-corrected chi connectivity index (χ1v) is 13.9. The van der Waals surface area contributed by atoms with Crippen LogP contribution in [0.25, 0.3) is 11.3 Å². The van der Waals surface area contributed by atoms with Crippen molar-refractivity contribution in [3.8, 4) is 17.3 Å². The summed E-state index contributed by atoms with van der Waals surface area (Å²) in [6.07, 6.45) is -0.982. The zero-order valence-corrected chi connectivity index (χ0v) is 24.8. The number of carbonyl (C=O) groups is 3. The molecule has 3 aromatic rings. The lowest BCUT2D eigenvalue weighted by molar-refractivity contribution is -0.212. The van der Waals surface area contributed by atoms with Crippen LogP contribution in [0.1, 0.15) is 32.5 Å². The zero-order valence-electron chi connectivity index (χ0n) is 22.5. The fourth-order valence-electron chi connectivity index (χ4n) is 4.24. The number of rotatable bonds is 8. The molecule has 5 unspecified atom stereocenters. The Bertz CT molecular complexity index is 1580. The third kappa shape index (κ3) is 7.57. The van der Waals surface area contributed by atoms with Gasteiger partial charge in [-0.3, -0.25) is 14.4 Å². The molecule has 0 bridgehead atoms. The van der Waals surface area contributed by atoms with E-state index in [4.69, 9.17) is 47.4 Å². The van der Waals surface area contributed by atoms with Gasteiger partial charge in [0.25, 0.3) is 0 Å². The summed E-state index contributed by atoms with van der Waals surface area (Å²) >= 11 is 12.8. The molecule has 226 valence electrons. The van der Waals surface area contributed by atoms with E-state index in [9.17, 15) is 23.2 Å². The topological polar surface area (TPSA) is 156 Å². The maximum Gasteiger partial charge on any atom is 0.303 e. The van der Waals surface area contributed by atoms with Crippen molar-refractivity contribution in [2.24, 2.45) is 0 Å². The monoisotopic (exact) mass is 655 g/mol. The molecule has 12 nitrogen and oxygen atoms in total. The summed E-state index contributed by atoms with van der Waals surface area (Å²) in [4.78, 5) is 40.6. The van der Waals surface area contributed by atoms with Gasteiger partial charge >= 0.3 is 17.9 Å². The van der Waals surface area contributed by atoms with Gasteiger partial charge in [0.15, 0.2) is 17.9 Å². The molecule has 0 amide bonds. The summed E-state index contributed by atoms with van der Waals surface area (Å²) in [5.41, 5.74) is -1.10. The molecule has 2 aromatic heterocycles. The Balaban J connectivity index is 1.82. The van der Waals surface area contributed by atoms with Gasteiger partial charge in [-0.05, 0) is 18.2 Å². The third-order valence-corrected chi connectivity index (χ3v) is 7.70. The van der Waals surface area contributed by atoms with Gasteiger partial charge in [0.2, 0.25) is 0 Å². The first-order chi connectivity index (χ1) is 20.4. The van der Waals surface area contributed by atoms with E-state index >= 15 is 0 Å². The van der Waals surface area contributed by atoms with Gasteiger partial charge in [0.05, 0.1) is 11.2 Å². The molecule has 43 heavy (non-hydrogen) atoms. The summed E-state index contributed by atoms with van der Waals surface area (Å²) in [5, 5.41) is 16.6. The largest absolute Gasteiger partial charge is 0.463 e. The predicted molar refractivity (Wildman–Crippen MR) is 146 cm³/mol. The van der Waals surface area contributed by atoms with Crippen molar-refractivity contribution in [1.29, 1.82) is 5.26 Å². The second-order valence-electron chi connectivity index (χ2n) is 9.05. The lowest BCUT2D eigenvalue weighted by Gasteiger charge is -2.44.